The van der Waals surface area contributed by atoms with Gasteiger partial charge < -0.3 is 5.73 Å². The van der Waals surface area contributed by atoms with Crippen LogP contribution in [0.3, 0.4) is 0 Å². The monoisotopic (exact) mass is 274 g/mol. The van der Waals surface area contributed by atoms with Gasteiger partial charge in [-0.2, -0.15) is 11.3 Å². The summed E-state index contributed by atoms with van der Waals surface area (Å²) in [6, 6.07) is 12.9. The molecule has 1 heterocycles. The smallest absolute Gasteiger partial charge is 0.0233 e. The average Bonchev–Trinajstić information content (AvgIpc) is 2.96. The van der Waals surface area contributed by atoms with E-state index in [9.17, 15) is 0 Å². The van der Waals surface area contributed by atoms with Gasteiger partial charge in [0.25, 0.3) is 0 Å². The fourth-order valence-corrected chi connectivity index (χ4v) is 2.85. The summed E-state index contributed by atoms with van der Waals surface area (Å²) < 4.78 is 0. The predicted octanol–water partition coefficient (Wildman–Crippen LogP) is 3.14. The Morgan fingerprint density at radius 3 is 2.53 bits per heavy atom. The van der Waals surface area contributed by atoms with Crippen molar-refractivity contribution < 1.29 is 0 Å². The van der Waals surface area contributed by atoms with E-state index >= 15 is 0 Å². The van der Waals surface area contributed by atoms with Crippen LogP contribution in [0.1, 0.15) is 17.5 Å². The lowest BCUT2D eigenvalue weighted by Gasteiger charge is -2.22. The topological polar surface area (TPSA) is 29.3 Å². The van der Waals surface area contributed by atoms with Gasteiger partial charge in [0.15, 0.2) is 0 Å². The number of thiophene rings is 1. The summed E-state index contributed by atoms with van der Waals surface area (Å²) in [6.45, 7) is 3.97. The minimum absolute atomic E-state index is 0.768. The maximum absolute atomic E-state index is 5.64. The molecule has 0 unspecified atom stereocenters. The average molecular weight is 274 g/mol. The van der Waals surface area contributed by atoms with Crippen LogP contribution in [0.2, 0.25) is 0 Å². The highest BCUT2D eigenvalue weighted by molar-refractivity contribution is 7.07. The fourth-order valence-electron chi connectivity index (χ4n) is 2.15. The first kappa shape index (κ1) is 14.3. The number of nitrogens with two attached hydrogens (primary N) is 1. The van der Waals surface area contributed by atoms with E-state index in [-0.39, 0.29) is 0 Å². The van der Waals surface area contributed by atoms with Gasteiger partial charge in [0, 0.05) is 13.1 Å². The fraction of sp³-hybridized carbons (Fsp3) is 0.375. The predicted molar refractivity (Wildman–Crippen MR) is 83.4 cm³/mol. The molecular weight excluding hydrogens is 252 g/mol. The van der Waals surface area contributed by atoms with E-state index in [2.05, 4.69) is 52.1 Å². The molecule has 3 heteroatoms. The van der Waals surface area contributed by atoms with Crippen molar-refractivity contribution in [1.82, 2.24) is 4.90 Å². The Balaban J connectivity index is 1.87. The molecule has 102 valence electrons. The molecule has 0 spiro atoms. The van der Waals surface area contributed by atoms with Crippen LogP contribution in [0.4, 0.5) is 0 Å². The Hall–Kier alpha value is -1.16. The van der Waals surface area contributed by atoms with E-state index in [1.54, 1.807) is 11.3 Å². The van der Waals surface area contributed by atoms with Crippen molar-refractivity contribution in [3.63, 3.8) is 0 Å². The summed E-state index contributed by atoms with van der Waals surface area (Å²) in [5, 5.41) is 4.39. The second-order valence-electron chi connectivity index (χ2n) is 4.79. The summed E-state index contributed by atoms with van der Waals surface area (Å²) in [6.07, 6.45) is 2.19. The van der Waals surface area contributed by atoms with Gasteiger partial charge in [-0.1, -0.05) is 30.3 Å². The maximum Gasteiger partial charge on any atom is 0.0233 e. The zero-order chi connectivity index (χ0) is 13.3. The van der Waals surface area contributed by atoms with Gasteiger partial charge in [-0.3, -0.25) is 4.90 Å². The molecule has 0 radical (unpaired) electrons. The molecule has 2 N–H and O–H groups in total. The second-order valence-corrected chi connectivity index (χ2v) is 5.57. The molecule has 0 aliphatic rings. The Labute approximate surface area is 119 Å². The molecule has 0 aliphatic heterocycles. The molecule has 0 amide bonds. The third kappa shape index (κ3) is 5.15. The largest absolute Gasteiger partial charge is 0.330 e. The minimum atomic E-state index is 0.768. The van der Waals surface area contributed by atoms with Gasteiger partial charge >= 0.3 is 0 Å². The molecule has 2 rings (SSSR count). The molecule has 2 nitrogen and oxygen atoms in total. The standard InChI is InChI=1S/C16H22N2S/c17-9-4-10-18(11-7-16-8-12-19-14-16)13-15-5-2-1-3-6-15/h1-3,5-6,8,12,14H,4,7,9-11,13,17H2. The minimum Gasteiger partial charge on any atom is -0.330 e. The molecular formula is C16H22N2S. The second kappa shape index (κ2) is 8.10. The molecule has 19 heavy (non-hydrogen) atoms. The Morgan fingerprint density at radius 1 is 1.00 bits per heavy atom. The highest BCUT2D eigenvalue weighted by atomic mass is 32.1. The van der Waals surface area contributed by atoms with Crippen LogP contribution in [0.5, 0.6) is 0 Å². The zero-order valence-electron chi connectivity index (χ0n) is 11.3. The third-order valence-corrected chi connectivity index (χ3v) is 3.96. The van der Waals surface area contributed by atoms with Crippen molar-refractivity contribution in [3.8, 4) is 0 Å². The van der Waals surface area contributed by atoms with Crippen LogP contribution in [-0.2, 0) is 13.0 Å². The van der Waals surface area contributed by atoms with E-state index in [0.717, 1.165) is 39.0 Å². The van der Waals surface area contributed by atoms with Crippen molar-refractivity contribution in [2.24, 2.45) is 5.73 Å². The molecule has 2 aromatic rings. The Bertz CT molecular complexity index is 439. The van der Waals surface area contributed by atoms with Crippen LogP contribution in [0, 0.1) is 0 Å². The van der Waals surface area contributed by atoms with Gasteiger partial charge in [0.2, 0.25) is 0 Å². The number of hydrogen-bond acceptors (Lipinski definition) is 3. The number of benzene rings is 1. The Kier molecular flexibility index (Phi) is 6.08. The maximum atomic E-state index is 5.64. The summed E-state index contributed by atoms with van der Waals surface area (Å²) in [5.74, 6) is 0. The van der Waals surface area contributed by atoms with Gasteiger partial charge in [0.1, 0.15) is 0 Å². The van der Waals surface area contributed by atoms with E-state index in [1.165, 1.54) is 11.1 Å². The van der Waals surface area contributed by atoms with E-state index < -0.39 is 0 Å². The number of hydrogen-bond donors (Lipinski definition) is 1. The van der Waals surface area contributed by atoms with Gasteiger partial charge in [0.05, 0.1) is 0 Å². The third-order valence-electron chi connectivity index (χ3n) is 3.22. The Morgan fingerprint density at radius 2 is 1.84 bits per heavy atom. The van der Waals surface area contributed by atoms with Gasteiger partial charge in [-0.25, -0.2) is 0 Å². The van der Waals surface area contributed by atoms with Gasteiger partial charge in [-0.15, -0.1) is 0 Å². The molecule has 1 aromatic heterocycles. The molecule has 0 fully saturated rings. The van der Waals surface area contributed by atoms with Crippen LogP contribution >= 0.6 is 11.3 Å². The van der Waals surface area contributed by atoms with Crippen LogP contribution in [0.25, 0.3) is 0 Å². The lowest BCUT2D eigenvalue weighted by molar-refractivity contribution is 0.267. The highest BCUT2D eigenvalue weighted by Gasteiger charge is 2.06. The quantitative estimate of drug-likeness (QED) is 0.801. The lowest BCUT2D eigenvalue weighted by atomic mass is 10.2. The molecule has 1 aromatic carbocycles. The van der Waals surface area contributed by atoms with E-state index in [0.29, 0.717) is 0 Å². The van der Waals surface area contributed by atoms with Crippen LogP contribution in [0.15, 0.2) is 47.2 Å². The number of nitrogens with zero attached hydrogens (tertiary/aromatic N) is 1. The molecule has 0 saturated carbocycles. The van der Waals surface area contributed by atoms with Crippen molar-refractivity contribution in [2.75, 3.05) is 19.6 Å². The summed E-state index contributed by atoms with van der Waals surface area (Å²) in [5.41, 5.74) is 8.46. The van der Waals surface area contributed by atoms with Gasteiger partial charge in [-0.05, 0) is 53.9 Å². The zero-order valence-corrected chi connectivity index (χ0v) is 12.1. The lowest BCUT2D eigenvalue weighted by Crippen LogP contribution is -2.28. The first-order valence-electron chi connectivity index (χ1n) is 6.86. The van der Waals surface area contributed by atoms with E-state index in [1.807, 2.05) is 0 Å². The number of rotatable bonds is 8. The molecule has 0 aliphatic carbocycles. The summed E-state index contributed by atoms with van der Waals surface area (Å²) >= 11 is 1.77. The summed E-state index contributed by atoms with van der Waals surface area (Å²) in [4.78, 5) is 2.50. The van der Waals surface area contributed by atoms with Crippen molar-refractivity contribution >= 4 is 11.3 Å². The SMILES string of the molecule is NCCCN(CCc1ccsc1)Cc1ccccc1. The normalized spacial score (nSPS) is 11.1. The first-order valence-corrected chi connectivity index (χ1v) is 7.80. The molecule has 0 saturated heterocycles. The van der Waals surface area contributed by atoms with E-state index in [4.69, 9.17) is 5.73 Å². The first-order chi connectivity index (χ1) is 9.38. The van der Waals surface area contributed by atoms with Crippen molar-refractivity contribution in [2.45, 2.75) is 19.4 Å². The molecule has 0 bridgehead atoms. The molecule has 0 atom stereocenters. The van der Waals surface area contributed by atoms with Crippen LogP contribution < -0.4 is 5.73 Å². The summed E-state index contributed by atoms with van der Waals surface area (Å²) in [7, 11) is 0. The van der Waals surface area contributed by atoms with Crippen molar-refractivity contribution in [3.05, 3.63) is 58.3 Å². The van der Waals surface area contributed by atoms with Crippen LogP contribution in [-0.4, -0.2) is 24.5 Å². The van der Waals surface area contributed by atoms with Crippen molar-refractivity contribution in [1.29, 1.82) is 0 Å². The highest BCUT2D eigenvalue weighted by Crippen LogP contribution is 2.10.